The number of amides is 4. The summed E-state index contributed by atoms with van der Waals surface area (Å²) in [6.45, 7) is 6.24. The van der Waals surface area contributed by atoms with Gasteiger partial charge in [0.15, 0.2) is 18.2 Å². The van der Waals surface area contributed by atoms with E-state index < -0.39 is 24.3 Å². The predicted octanol–water partition coefficient (Wildman–Crippen LogP) is 1.72. The van der Waals surface area contributed by atoms with Gasteiger partial charge in [-0.05, 0) is 49.9 Å². The van der Waals surface area contributed by atoms with E-state index in [2.05, 4.69) is 10.6 Å². The van der Waals surface area contributed by atoms with Crippen LogP contribution < -0.4 is 16.4 Å². The van der Waals surface area contributed by atoms with Gasteiger partial charge in [0.2, 0.25) is 5.91 Å². The molecule has 2 aliphatic heterocycles. The zero-order valence-corrected chi connectivity index (χ0v) is 21.4. The molecule has 0 radical (unpaired) electrons. The first-order valence-electron chi connectivity index (χ1n) is 12.6. The number of rotatable bonds is 7. The molecule has 0 spiro atoms. The number of nitrogens with one attached hydrogen (secondary N) is 3. The van der Waals surface area contributed by atoms with E-state index in [0.29, 0.717) is 25.9 Å². The van der Waals surface area contributed by atoms with Gasteiger partial charge in [-0.25, -0.2) is 4.79 Å². The molecule has 0 saturated carbocycles. The number of carbonyl (C=O) groups excluding carboxylic acids is 3. The standard InChI is InChI=1S/C26H35N7O4/c1-16(2)30-26(36)33-22-15-31(14-19-10-6-9-18-8-4-5-11-20(18)19)23(34)17(3)32(22)24(35)21(37-33)12-7-13-29-25(27)28/h4-6,8-11,16-17,21-22H,7,12-15H2,1-3H3,(H,30,36)(H4,27,28,29)/t17-,21+,22?/m0/s1. The molecule has 2 aliphatic rings. The van der Waals surface area contributed by atoms with Crippen LogP contribution in [0.2, 0.25) is 0 Å². The Bertz CT molecular complexity index is 1180. The summed E-state index contributed by atoms with van der Waals surface area (Å²) in [7, 11) is 0. The maximum atomic E-state index is 13.5. The molecule has 2 heterocycles. The van der Waals surface area contributed by atoms with E-state index in [1.807, 2.05) is 56.3 Å². The third-order valence-electron chi connectivity index (χ3n) is 6.64. The van der Waals surface area contributed by atoms with Crippen molar-refractivity contribution in [2.45, 2.75) is 64.5 Å². The molecule has 0 aromatic heterocycles. The molecule has 198 valence electrons. The Kier molecular flexibility index (Phi) is 7.82. The molecule has 11 heteroatoms. The third-order valence-corrected chi connectivity index (χ3v) is 6.64. The molecular weight excluding hydrogens is 474 g/mol. The number of fused-ring (bicyclic) bond motifs is 2. The third kappa shape index (κ3) is 5.61. The van der Waals surface area contributed by atoms with Crippen molar-refractivity contribution in [1.82, 2.24) is 25.5 Å². The zero-order valence-electron chi connectivity index (χ0n) is 21.4. The van der Waals surface area contributed by atoms with E-state index in [1.165, 1.54) is 9.96 Å². The van der Waals surface area contributed by atoms with E-state index in [4.69, 9.17) is 16.0 Å². The average molecular weight is 510 g/mol. The molecule has 2 fully saturated rings. The van der Waals surface area contributed by atoms with E-state index >= 15 is 0 Å². The lowest BCUT2D eigenvalue weighted by Crippen LogP contribution is -2.73. The van der Waals surface area contributed by atoms with E-state index in [9.17, 15) is 14.4 Å². The Labute approximate surface area is 216 Å². The van der Waals surface area contributed by atoms with Gasteiger partial charge in [-0.3, -0.25) is 19.8 Å². The highest BCUT2D eigenvalue weighted by Gasteiger charge is 2.51. The van der Waals surface area contributed by atoms with Gasteiger partial charge in [0, 0.05) is 19.1 Å². The quantitative estimate of drug-likeness (QED) is 0.254. The summed E-state index contributed by atoms with van der Waals surface area (Å²) < 4.78 is 0. The lowest BCUT2D eigenvalue weighted by atomic mass is 10.0. The zero-order chi connectivity index (χ0) is 26.7. The van der Waals surface area contributed by atoms with Crippen LogP contribution in [-0.2, 0) is 21.0 Å². The molecule has 2 saturated heterocycles. The van der Waals surface area contributed by atoms with Crippen molar-refractivity contribution in [3.63, 3.8) is 0 Å². The Hall–Kier alpha value is -3.86. The Morgan fingerprint density at radius 3 is 2.62 bits per heavy atom. The van der Waals surface area contributed by atoms with Gasteiger partial charge in [0.1, 0.15) is 6.04 Å². The number of carbonyl (C=O) groups is 3. The van der Waals surface area contributed by atoms with Crippen LogP contribution in [0.1, 0.15) is 39.2 Å². The molecule has 3 atom stereocenters. The molecule has 0 aliphatic carbocycles. The fourth-order valence-corrected chi connectivity index (χ4v) is 4.92. The van der Waals surface area contributed by atoms with E-state index in [0.717, 1.165) is 16.3 Å². The fourth-order valence-electron chi connectivity index (χ4n) is 4.92. The summed E-state index contributed by atoms with van der Waals surface area (Å²) in [5, 5.41) is 16.2. The number of hydrogen-bond donors (Lipinski definition) is 4. The molecule has 2 aromatic carbocycles. The van der Waals surface area contributed by atoms with Crippen LogP contribution in [0.25, 0.3) is 10.8 Å². The second-order valence-corrected chi connectivity index (χ2v) is 9.77. The van der Waals surface area contributed by atoms with Crippen molar-refractivity contribution in [1.29, 1.82) is 5.41 Å². The Morgan fingerprint density at radius 1 is 1.16 bits per heavy atom. The summed E-state index contributed by atoms with van der Waals surface area (Å²) >= 11 is 0. The summed E-state index contributed by atoms with van der Waals surface area (Å²) in [5.41, 5.74) is 6.32. The minimum Gasteiger partial charge on any atom is -0.370 e. The van der Waals surface area contributed by atoms with Crippen LogP contribution in [0, 0.1) is 5.41 Å². The number of nitrogens with zero attached hydrogens (tertiary/aromatic N) is 3. The summed E-state index contributed by atoms with van der Waals surface area (Å²) in [4.78, 5) is 49.2. The highest BCUT2D eigenvalue weighted by atomic mass is 16.7. The van der Waals surface area contributed by atoms with E-state index in [-0.39, 0.29) is 30.4 Å². The first-order valence-corrected chi connectivity index (χ1v) is 12.6. The predicted molar refractivity (Wildman–Crippen MR) is 139 cm³/mol. The largest absolute Gasteiger partial charge is 0.370 e. The van der Waals surface area contributed by atoms with Crippen molar-refractivity contribution in [2.75, 3.05) is 13.1 Å². The molecule has 2 aromatic rings. The normalized spacial score (nSPS) is 21.8. The van der Waals surface area contributed by atoms with Crippen LogP contribution in [0.3, 0.4) is 0 Å². The van der Waals surface area contributed by atoms with Gasteiger partial charge in [-0.2, -0.15) is 5.06 Å². The minimum atomic E-state index is -0.928. The Balaban J connectivity index is 1.59. The van der Waals surface area contributed by atoms with Crippen LogP contribution >= 0.6 is 0 Å². The molecule has 0 bridgehead atoms. The van der Waals surface area contributed by atoms with Crippen molar-refractivity contribution in [2.24, 2.45) is 5.73 Å². The number of benzene rings is 2. The number of nitrogens with two attached hydrogens (primary N) is 1. The second-order valence-electron chi connectivity index (χ2n) is 9.77. The number of urea groups is 1. The SMILES string of the molecule is CC(C)NC(=O)N1O[C@H](CCCNC(=N)N)C(=O)N2C1CN(Cc1cccc3ccccc13)C(=O)[C@@H]2C. The van der Waals surface area contributed by atoms with Gasteiger partial charge in [0.25, 0.3) is 5.91 Å². The summed E-state index contributed by atoms with van der Waals surface area (Å²) in [5.74, 6) is -0.664. The number of hydrogen-bond acceptors (Lipinski definition) is 5. The van der Waals surface area contributed by atoms with Crippen LogP contribution in [0.4, 0.5) is 4.79 Å². The lowest BCUT2D eigenvalue weighted by Gasteiger charge is -2.52. The first kappa shape index (κ1) is 26.2. The van der Waals surface area contributed by atoms with Crippen molar-refractivity contribution in [3.05, 3.63) is 48.0 Å². The highest BCUT2D eigenvalue weighted by Crippen LogP contribution is 2.30. The Morgan fingerprint density at radius 2 is 1.89 bits per heavy atom. The maximum Gasteiger partial charge on any atom is 0.343 e. The van der Waals surface area contributed by atoms with Crippen LogP contribution in [-0.4, -0.2) is 76.1 Å². The monoisotopic (exact) mass is 509 g/mol. The number of piperazine rings is 1. The van der Waals surface area contributed by atoms with Crippen LogP contribution in [0.15, 0.2) is 42.5 Å². The van der Waals surface area contributed by atoms with Crippen LogP contribution in [0.5, 0.6) is 0 Å². The van der Waals surface area contributed by atoms with Gasteiger partial charge in [-0.15, -0.1) is 0 Å². The molecule has 1 unspecified atom stereocenters. The molecule has 11 nitrogen and oxygen atoms in total. The van der Waals surface area contributed by atoms with E-state index in [1.54, 1.807) is 11.8 Å². The smallest absolute Gasteiger partial charge is 0.343 e. The van der Waals surface area contributed by atoms with Gasteiger partial charge >= 0.3 is 6.03 Å². The van der Waals surface area contributed by atoms with Gasteiger partial charge in [0.05, 0.1) is 6.54 Å². The minimum absolute atomic E-state index is 0.127. The first-order chi connectivity index (χ1) is 17.7. The molecule has 5 N–H and O–H groups in total. The number of hydroxylamine groups is 2. The van der Waals surface area contributed by atoms with Crippen molar-refractivity contribution < 1.29 is 19.2 Å². The van der Waals surface area contributed by atoms with Gasteiger partial charge in [-0.1, -0.05) is 42.5 Å². The average Bonchev–Trinajstić information content (AvgIpc) is 2.85. The molecule has 4 amide bonds. The maximum absolute atomic E-state index is 13.5. The molecule has 4 rings (SSSR count). The van der Waals surface area contributed by atoms with Crippen molar-refractivity contribution in [3.8, 4) is 0 Å². The van der Waals surface area contributed by atoms with Gasteiger partial charge < -0.3 is 26.2 Å². The topological polar surface area (TPSA) is 144 Å². The molecular formula is C26H35N7O4. The number of guanidine groups is 1. The highest BCUT2D eigenvalue weighted by molar-refractivity contribution is 5.92. The summed E-state index contributed by atoms with van der Waals surface area (Å²) in [6, 6.07) is 12.6. The second kappa shape index (κ2) is 11.0. The fraction of sp³-hybridized carbons (Fsp3) is 0.462. The lowest BCUT2D eigenvalue weighted by molar-refractivity contribution is -0.260. The van der Waals surface area contributed by atoms with Crippen molar-refractivity contribution >= 4 is 34.6 Å². The molecule has 37 heavy (non-hydrogen) atoms. The summed E-state index contributed by atoms with van der Waals surface area (Å²) in [6.07, 6.45) is -0.902.